The lowest BCUT2D eigenvalue weighted by Gasteiger charge is -2.33. The highest BCUT2D eigenvalue weighted by Crippen LogP contribution is 2.45. The van der Waals surface area contributed by atoms with Crippen molar-refractivity contribution < 1.29 is 22.7 Å². The third kappa shape index (κ3) is 2.45. The third-order valence-corrected chi connectivity index (χ3v) is 4.52. The highest BCUT2D eigenvalue weighted by atomic mass is 32.1. The molecule has 9 heteroatoms. The molecule has 2 aromatic rings. The van der Waals surface area contributed by atoms with Crippen LogP contribution < -0.4 is 5.32 Å². The number of fused-ring (bicyclic) bond motifs is 1. The number of nitrogens with zero attached hydrogens (tertiary/aromatic N) is 2. The predicted molar refractivity (Wildman–Crippen MR) is 74.0 cm³/mol. The van der Waals surface area contributed by atoms with Gasteiger partial charge >= 0.3 is 12.1 Å². The van der Waals surface area contributed by atoms with Crippen LogP contribution in [0, 0.1) is 0 Å². The van der Waals surface area contributed by atoms with Crippen LogP contribution in [0.2, 0.25) is 0 Å². The van der Waals surface area contributed by atoms with Gasteiger partial charge in [0.1, 0.15) is 11.4 Å². The summed E-state index contributed by atoms with van der Waals surface area (Å²) in [6.07, 6.45) is -3.53. The van der Waals surface area contributed by atoms with Gasteiger partial charge in [0.15, 0.2) is 6.04 Å². The van der Waals surface area contributed by atoms with Gasteiger partial charge in [-0.1, -0.05) is 6.07 Å². The molecule has 0 aliphatic carbocycles. The van der Waals surface area contributed by atoms with Crippen LogP contribution in [0.15, 0.2) is 23.7 Å². The fourth-order valence-corrected chi connectivity index (χ4v) is 3.29. The van der Waals surface area contributed by atoms with Gasteiger partial charge in [0.2, 0.25) is 0 Å². The molecular weight excluding hydrogens is 319 g/mol. The molecular formula is C13H12F3N3O2S. The Bertz CT molecular complexity index is 681. The predicted octanol–water partition coefficient (Wildman–Crippen LogP) is 3.39. The number of methoxy groups -OCH3 is 1. The Morgan fingerprint density at radius 1 is 1.55 bits per heavy atom. The van der Waals surface area contributed by atoms with Gasteiger partial charge < -0.3 is 10.1 Å². The number of alkyl halides is 3. The molecule has 1 N–H and O–H groups in total. The first-order valence-electron chi connectivity index (χ1n) is 6.44. The number of hydrogen-bond acceptors (Lipinski definition) is 5. The van der Waals surface area contributed by atoms with Crippen LogP contribution in [0.25, 0.3) is 0 Å². The van der Waals surface area contributed by atoms with E-state index in [2.05, 4.69) is 15.2 Å². The van der Waals surface area contributed by atoms with Gasteiger partial charge in [-0.3, -0.25) is 0 Å². The monoisotopic (exact) mass is 331 g/mol. The molecule has 0 saturated carbocycles. The Balaban J connectivity index is 2.06. The van der Waals surface area contributed by atoms with Crippen molar-refractivity contribution in [3.8, 4) is 0 Å². The molecule has 1 aliphatic heterocycles. The summed E-state index contributed by atoms with van der Waals surface area (Å²) in [6.45, 7) is 0. The van der Waals surface area contributed by atoms with E-state index < -0.39 is 24.2 Å². The van der Waals surface area contributed by atoms with E-state index in [-0.39, 0.29) is 17.8 Å². The lowest BCUT2D eigenvalue weighted by atomic mass is 10.0. The van der Waals surface area contributed by atoms with E-state index in [0.29, 0.717) is 0 Å². The number of aromatic nitrogens is 2. The van der Waals surface area contributed by atoms with Gasteiger partial charge in [-0.25, -0.2) is 9.48 Å². The summed E-state index contributed by atoms with van der Waals surface area (Å²) in [4.78, 5) is 12.5. The van der Waals surface area contributed by atoms with Gasteiger partial charge in [0.05, 0.1) is 19.3 Å². The zero-order valence-corrected chi connectivity index (χ0v) is 12.2. The first-order valence-corrected chi connectivity index (χ1v) is 7.32. The van der Waals surface area contributed by atoms with Crippen molar-refractivity contribution >= 4 is 23.1 Å². The van der Waals surface area contributed by atoms with Crippen molar-refractivity contribution in [2.75, 3.05) is 12.4 Å². The fourth-order valence-electron chi connectivity index (χ4n) is 2.50. The molecule has 2 atom stereocenters. The summed E-state index contributed by atoms with van der Waals surface area (Å²) in [6, 6.07) is 1.23. The van der Waals surface area contributed by atoms with Crippen molar-refractivity contribution in [2.45, 2.75) is 24.7 Å². The average molecular weight is 331 g/mol. The molecule has 3 heterocycles. The molecule has 3 rings (SSSR count). The molecule has 0 spiro atoms. The van der Waals surface area contributed by atoms with E-state index in [0.717, 1.165) is 15.8 Å². The number of hydrogen-bond donors (Lipinski definition) is 1. The molecule has 0 aromatic carbocycles. The summed E-state index contributed by atoms with van der Waals surface area (Å²) in [5.41, 5.74) is -0.00185. The molecule has 1 aliphatic rings. The molecule has 0 radical (unpaired) electrons. The van der Waals surface area contributed by atoms with Crippen molar-refractivity contribution in [2.24, 2.45) is 0 Å². The molecule has 22 heavy (non-hydrogen) atoms. The van der Waals surface area contributed by atoms with E-state index in [1.165, 1.54) is 18.4 Å². The smallest absolute Gasteiger partial charge is 0.410 e. The van der Waals surface area contributed by atoms with Crippen molar-refractivity contribution in [3.05, 3.63) is 34.2 Å². The first-order chi connectivity index (χ1) is 10.4. The number of carbonyl (C=O) groups is 1. The van der Waals surface area contributed by atoms with Gasteiger partial charge in [-0.15, -0.1) is 11.3 Å². The zero-order chi connectivity index (χ0) is 15.9. The summed E-state index contributed by atoms with van der Waals surface area (Å²) in [7, 11) is 1.17. The van der Waals surface area contributed by atoms with Crippen molar-refractivity contribution in [3.63, 3.8) is 0 Å². The number of carbonyl (C=O) groups excluding carboxylic acids is 1. The quantitative estimate of drug-likeness (QED) is 0.857. The number of rotatable bonds is 2. The number of halogens is 3. The number of esters is 1. The Kier molecular flexibility index (Phi) is 3.59. The van der Waals surface area contributed by atoms with Crippen molar-refractivity contribution in [1.29, 1.82) is 0 Å². The summed E-state index contributed by atoms with van der Waals surface area (Å²) in [5.74, 6) is -0.680. The summed E-state index contributed by atoms with van der Waals surface area (Å²) < 4.78 is 45.4. The second kappa shape index (κ2) is 5.31. The molecule has 0 saturated heterocycles. The number of ether oxygens (including phenoxy) is 1. The molecule has 2 aromatic heterocycles. The Morgan fingerprint density at radius 2 is 2.32 bits per heavy atom. The Hall–Kier alpha value is -2.03. The topological polar surface area (TPSA) is 56.1 Å². The zero-order valence-electron chi connectivity index (χ0n) is 11.4. The minimum Gasteiger partial charge on any atom is -0.465 e. The normalized spacial score (nSPS) is 21.1. The number of anilines is 1. The SMILES string of the molecule is COC(=O)c1cnn2c1N[C@@H](c1cccs1)C[C@H]2C(F)(F)F. The standard InChI is InChI=1S/C13H12F3N3O2S/c1-21-12(20)7-6-17-19-10(13(14,15)16)5-8(18-11(7)19)9-3-2-4-22-9/h2-4,6,8,10,18H,5H2,1H3/t8-,10+/m1/s1. The second-order valence-electron chi connectivity index (χ2n) is 4.85. The van der Waals surface area contributed by atoms with Crippen LogP contribution in [-0.2, 0) is 4.74 Å². The molecule has 5 nitrogen and oxygen atoms in total. The van der Waals surface area contributed by atoms with E-state index in [4.69, 9.17) is 0 Å². The van der Waals surface area contributed by atoms with Crippen LogP contribution >= 0.6 is 11.3 Å². The van der Waals surface area contributed by atoms with Crippen LogP contribution in [0.4, 0.5) is 19.0 Å². The Morgan fingerprint density at radius 3 is 2.91 bits per heavy atom. The van der Waals surface area contributed by atoms with Gasteiger partial charge in [0.25, 0.3) is 0 Å². The maximum atomic E-state index is 13.3. The maximum absolute atomic E-state index is 13.3. The minimum absolute atomic E-state index is 0.00185. The highest BCUT2D eigenvalue weighted by Gasteiger charge is 2.47. The van der Waals surface area contributed by atoms with E-state index in [1.54, 1.807) is 17.5 Å². The van der Waals surface area contributed by atoms with Crippen LogP contribution in [-0.4, -0.2) is 29.0 Å². The average Bonchev–Trinajstić information content (AvgIpc) is 3.13. The van der Waals surface area contributed by atoms with Crippen LogP contribution in [0.5, 0.6) is 0 Å². The van der Waals surface area contributed by atoms with E-state index >= 15 is 0 Å². The van der Waals surface area contributed by atoms with E-state index in [1.807, 2.05) is 0 Å². The molecule has 0 amide bonds. The highest BCUT2D eigenvalue weighted by molar-refractivity contribution is 7.10. The molecule has 0 bridgehead atoms. The summed E-state index contributed by atoms with van der Waals surface area (Å²) >= 11 is 1.36. The van der Waals surface area contributed by atoms with Gasteiger partial charge in [0, 0.05) is 11.3 Å². The first kappa shape index (κ1) is 14.9. The molecule has 0 fully saturated rings. The van der Waals surface area contributed by atoms with Crippen LogP contribution in [0.3, 0.4) is 0 Å². The third-order valence-electron chi connectivity index (χ3n) is 3.53. The number of thiophene rings is 1. The largest absolute Gasteiger partial charge is 0.465 e. The summed E-state index contributed by atoms with van der Waals surface area (Å²) in [5, 5.41) is 8.50. The minimum atomic E-state index is -4.45. The second-order valence-corrected chi connectivity index (χ2v) is 5.83. The van der Waals surface area contributed by atoms with Gasteiger partial charge in [-0.2, -0.15) is 18.3 Å². The lowest BCUT2D eigenvalue weighted by Crippen LogP contribution is -2.35. The van der Waals surface area contributed by atoms with E-state index in [9.17, 15) is 18.0 Å². The fraction of sp³-hybridized carbons (Fsp3) is 0.385. The Labute approximate surface area is 127 Å². The van der Waals surface area contributed by atoms with Crippen LogP contribution in [0.1, 0.15) is 33.7 Å². The maximum Gasteiger partial charge on any atom is 0.410 e. The molecule has 0 unspecified atom stereocenters. The number of nitrogens with one attached hydrogen (secondary N) is 1. The van der Waals surface area contributed by atoms with Crippen molar-refractivity contribution in [1.82, 2.24) is 9.78 Å². The molecule has 118 valence electrons. The lowest BCUT2D eigenvalue weighted by molar-refractivity contribution is -0.173. The van der Waals surface area contributed by atoms with Gasteiger partial charge in [-0.05, 0) is 11.4 Å².